The van der Waals surface area contributed by atoms with Gasteiger partial charge in [0.05, 0.1) is 30.1 Å². The summed E-state index contributed by atoms with van der Waals surface area (Å²) in [6.07, 6.45) is 1.50. The van der Waals surface area contributed by atoms with Gasteiger partial charge in [0, 0.05) is 24.5 Å². The molecule has 9 heteroatoms. The number of nitrogens with one attached hydrogen (secondary N) is 2. The van der Waals surface area contributed by atoms with E-state index in [1.807, 2.05) is 18.2 Å². The largest absolute Gasteiger partial charge is 0.394 e. The first-order valence-corrected chi connectivity index (χ1v) is 11.0. The maximum absolute atomic E-state index is 12.6. The Labute approximate surface area is 191 Å². The lowest BCUT2D eigenvalue weighted by Crippen LogP contribution is -2.29. The topological polar surface area (TPSA) is 112 Å². The van der Waals surface area contributed by atoms with Crippen LogP contribution in [0.25, 0.3) is 10.8 Å². The van der Waals surface area contributed by atoms with Crippen LogP contribution in [0, 0.1) is 0 Å². The predicted octanol–water partition coefficient (Wildman–Crippen LogP) is 1.54. The van der Waals surface area contributed by atoms with E-state index >= 15 is 0 Å². The minimum absolute atomic E-state index is 0.0501. The van der Waals surface area contributed by atoms with Crippen molar-refractivity contribution in [3.8, 4) is 0 Å². The fourth-order valence-corrected chi connectivity index (χ4v) is 4.75. The van der Waals surface area contributed by atoms with Gasteiger partial charge in [0.15, 0.2) is 0 Å². The van der Waals surface area contributed by atoms with E-state index in [1.54, 1.807) is 4.68 Å². The molecule has 0 fully saturated rings. The van der Waals surface area contributed by atoms with Crippen LogP contribution in [0.3, 0.4) is 0 Å². The Kier molecular flexibility index (Phi) is 5.76. The van der Waals surface area contributed by atoms with Gasteiger partial charge in [-0.25, -0.2) is 14.8 Å². The van der Waals surface area contributed by atoms with Crippen LogP contribution < -0.4 is 10.9 Å². The van der Waals surface area contributed by atoms with E-state index in [4.69, 9.17) is 0 Å². The summed E-state index contributed by atoms with van der Waals surface area (Å²) in [4.78, 5) is 19.3. The average molecular weight is 446 g/mol. The molecule has 170 valence electrons. The Morgan fingerprint density at radius 2 is 2.00 bits per heavy atom. The summed E-state index contributed by atoms with van der Waals surface area (Å²) >= 11 is 0. The molecule has 1 aliphatic rings. The first-order valence-electron chi connectivity index (χ1n) is 11.0. The molecule has 0 saturated heterocycles. The van der Waals surface area contributed by atoms with Crippen molar-refractivity contribution in [3.63, 3.8) is 0 Å². The summed E-state index contributed by atoms with van der Waals surface area (Å²) < 4.78 is 1.71. The number of aromatic nitrogens is 5. The van der Waals surface area contributed by atoms with E-state index in [9.17, 15) is 9.90 Å². The summed E-state index contributed by atoms with van der Waals surface area (Å²) in [6.45, 7) is 1.73. The second-order valence-corrected chi connectivity index (χ2v) is 8.66. The summed E-state index contributed by atoms with van der Waals surface area (Å²) in [5.41, 5.74) is 3.88. The van der Waals surface area contributed by atoms with Crippen LogP contribution in [0.2, 0.25) is 0 Å². The van der Waals surface area contributed by atoms with Gasteiger partial charge in [-0.3, -0.25) is 4.79 Å². The van der Waals surface area contributed by atoms with E-state index in [1.165, 1.54) is 11.9 Å². The van der Waals surface area contributed by atoms with Gasteiger partial charge in [-0.15, -0.1) is 0 Å². The number of nitrogens with zero attached hydrogens (tertiary/aromatic N) is 5. The Morgan fingerprint density at radius 1 is 1.18 bits per heavy atom. The van der Waals surface area contributed by atoms with Crippen LogP contribution in [0.4, 0.5) is 0 Å². The molecule has 0 radical (unpaired) electrons. The van der Waals surface area contributed by atoms with Crippen LogP contribution in [-0.2, 0) is 19.6 Å². The van der Waals surface area contributed by atoms with Crippen LogP contribution in [0.5, 0.6) is 0 Å². The Balaban J connectivity index is 1.70. The molecule has 0 spiro atoms. The standard InChI is InChI=1S/C24H27N7O2/c1-30(2)13-15-6-8-16(9-7-15)21-20(23-26-14-27-31(23)10-11-32)22-19-17(12-25-21)4-3-5-18(19)24(33)29-28-22/h3-9,14,20-21,25,32H,10-13H2,1-2H3,(H,29,33). The maximum atomic E-state index is 12.6. The van der Waals surface area contributed by atoms with Gasteiger partial charge >= 0.3 is 0 Å². The van der Waals surface area contributed by atoms with Gasteiger partial charge in [0.2, 0.25) is 0 Å². The smallest absolute Gasteiger partial charge is 0.272 e. The van der Waals surface area contributed by atoms with Gasteiger partial charge in [-0.1, -0.05) is 36.4 Å². The van der Waals surface area contributed by atoms with Crippen molar-refractivity contribution in [3.05, 3.63) is 87.4 Å². The highest BCUT2D eigenvalue weighted by Gasteiger charge is 2.36. The molecule has 0 saturated carbocycles. The third kappa shape index (κ3) is 3.95. The predicted molar refractivity (Wildman–Crippen MR) is 125 cm³/mol. The molecule has 3 heterocycles. The molecule has 4 aromatic rings. The lowest BCUT2D eigenvalue weighted by molar-refractivity contribution is 0.264. The fourth-order valence-electron chi connectivity index (χ4n) is 4.75. The van der Waals surface area contributed by atoms with Crippen molar-refractivity contribution in [2.45, 2.75) is 31.6 Å². The van der Waals surface area contributed by atoms with Gasteiger partial charge in [0.25, 0.3) is 5.56 Å². The minimum Gasteiger partial charge on any atom is -0.394 e. The van der Waals surface area contributed by atoms with E-state index in [0.29, 0.717) is 24.3 Å². The molecule has 2 unspecified atom stereocenters. The summed E-state index contributed by atoms with van der Waals surface area (Å²) in [5.74, 6) is 0.373. The zero-order valence-corrected chi connectivity index (χ0v) is 18.7. The maximum Gasteiger partial charge on any atom is 0.272 e. The van der Waals surface area contributed by atoms with E-state index < -0.39 is 0 Å². The van der Waals surface area contributed by atoms with Crippen molar-refractivity contribution in [1.29, 1.82) is 0 Å². The third-order valence-electron chi connectivity index (χ3n) is 6.14. The molecular formula is C24H27N7O2. The molecule has 5 rings (SSSR count). The molecule has 1 aliphatic heterocycles. The van der Waals surface area contributed by atoms with Crippen molar-refractivity contribution in [2.24, 2.45) is 0 Å². The molecule has 0 aliphatic carbocycles. The molecule has 2 aromatic heterocycles. The van der Waals surface area contributed by atoms with E-state index in [2.05, 4.69) is 68.9 Å². The number of aliphatic hydroxyl groups is 1. The highest BCUT2D eigenvalue weighted by atomic mass is 16.3. The van der Waals surface area contributed by atoms with Crippen molar-refractivity contribution in [2.75, 3.05) is 20.7 Å². The lowest BCUT2D eigenvalue weighted by atomic mass is 9.87. The fraction of sp³-hybridized carbons (Fsp3) is 0.333. The number of benzene rings is 2. The Bertz CT molecular complexity index is 1330. The molecule has 3 N–H and O–H groups in total. The second-order valence-electron chi connectivity index (χ2n) is 8.66. The lowest BCUT2D eigenvalue weighted by Gasteiger charge is -2.26. The number of hydrogen-bond donors (Lipinski definition) is 3. The average Bonchev–Trinajstić information content (AvgIpc) is 3.19. The number of hydrogen-bond acceptors (Lipinski definition) is 7. The highest BCUT2D eigenvalue weighted by molar-refractivity contribution is 5.88. The van der Waals surface area contributed by atoms with Gasteiger partial charge in [-0.05, 0) is 36.9 Å². The quantitative estimate of drug-likeness (QED) is 0.413. The summed E-state index contributed by atoms with van der Waals surface area (Å²) in [6, 6.07) is 14.1. The summed E-state index contributed by atoms with van der Waals surface area (Å²) in [5, 5.41) is 26.3. The van der Waals surface area contributed by atoms with Gasteiger partial charge in [-0.2, -0.15) is 10.2 Å². The molecule has 2 aromatic carbocycles. The van der Waals surface area contributed by atoms with Crippen LogP contribution in [-0.4, -0.2) is 55.7 Å². The zero-order valence-electron chi connectivity index (χ0n) is 18.7. The van der Waals surface area contributed by atoms with E-state index in [-0.39, 0.29) is 24.1 Å². The second kappa shape index (κ2) is 8.86. The molecular weight excluding hydrogens is 418 g/mol. The van der Waals surface area contributed by atoms with Crippen LogP contribution >= 0.6 is 0 Å². The Morgan fingerprint density at radius 3 is 2.76 bits per heavy atom. The van der Waals surface area contributed by atoms with Gasteiger partial charge < -0.3 is 15.3 Å². The van der Waals surface area contributed by atoms with Crippen molar-refractivity contribution in [1.82, 2.24) is 35.2 Å². The number of H-pyrrole nitrogens is 1. The van der Waals surface area contributed by atoms with Crippen LogP contribution in [0.1, 0.15) is 40.2 Å². The highest BCUT2D eigenvalue weighted by Crippen LogP contribution is 2.40. The number of aliphatic hydroxyl groups excluding tert-OH is 1. The van der Waals surface area contributed by atoms with E-state index in [0.717, 1.165) is 28.8 Å². The molecule has 9 nitrogen and oxygen atoms in total. The van der Waals surface area contributed by atoms with Crippen LogP contribution in [0.15, 0.2) is 53.6 Å². The normalized spacial score (nSPS) is 18.1. The summed E-state index contributed by atoms with van der Waals surface area (Å²) in [7, 11) is 4.10. The molecule has 0 amide bonds. The molecule has 2 atom stereocenters. The minimum atomic E-state index is -0.318. The third-order valence-corrected chi connectivity index (χ3v) is 6.14. The first-order chi connectivity index (χ1) is 16.1. The molecule has 33 heavy (non-hydrogen) atoms. The SMILES string of the molecule is CN(C)Cc1ccc(C2NCc3cccc4c(=O)[nH]nc(c34)C2c2ncnn2CCO)cc1. The monoisotopic (exact) mass is 445 g/mol. The van der Waals surface area contributed by atoms with Crippen molar-refractivity contribution >= 4 is 10.8 Å². The Hall–Kier alpha value is -3.40. The molecule has 0 bridgehead atoms. The van der Waals surface area contributed by atoms with Gasteiger partial charge in [0.1, 0.15) is 12.2 Å². The first kappa shape index (κ1) is 21.4. The number of rotatable bonds is 6. The zero-order chi connectivity index (χ0) is 22.9. The number of aromatic amines is 1. The van der Waals surface area contributed by atoms with Crippen molar-refractivity contribution < 1.29 is 5.11 Å².